The van der Waals surface area contributed by atoms with Crippen molar-refractivity contribution < 1.29 is 9.59 Å². The van der Waals surface area contributed by atoms with Gasteiger partial charge in [-0.3, -0.25) is 9.59 Å². The van der Waals surface area contributed by atoms with E-state index in [1.807, 2.05) is 38.1 Å². The predicted octanol–water partition coefficient (Wildman–Crippen LogP) is 7.25. The molecule has 0 fully saturated rings. The molecular formula is C30H39N3O2. The molecule has 0 bridgehead atoms. The van der Waals surface area contributed by atoms with E-state index in [2.05, 4.69) is 38.1 Å². The lowest BCUT2D eigenvalue weighted by Crippen LogP contribution is -2.16. The third-order valence-corrected chi connectivity index (χ3v) is 6.57. The highest BCUT2D eigenvalue weighted by Gasteiger charge is 2.18. The van der Waals surface area contributed by atoms with Crippen LogP contribution in [0.15, 0.2) is 48.5 Å². The average molecular weight is 474 g/mol. The van der Waals surface area contributed by atoms with Gasteiger partial charge in [-0.15, -0.1) is 0 Å². The number of anilines is 1. The molecule has 1 aromatic heterocycles. The van der Waals surface area contributed by atoms with Gasteiger partial charge in [-0.05, 0) is 79.6 Å². The lowest BCUT2D eigenvalue weighted by molar-refractivity contribution is 0.0941. The normalized spacial score (nSPS) is 11.5. The van der Waals surface area contributed by atoms with Crippen molar-refractivity contribution in [3.8, 4) is 0 Å². The van der Waals surface area contributed by atoms with Gasteiger partial charge in [0.1, 0.15) is 0 Å². The molecule has 1 amide bonds. The summed E-state index contributed by atoms with van der Waals surface area (Å²) >= 11 is 0. The number of hydrogen-bond acceptors (Lipinski definition) is 3. The van der Waals surface area contributed by atoms with Crippen molar-refractivity contribution in [3.63, 3.8) is 0 Å². The predicted molar refractivity (Wildman–Crippen MR) is 143 cm³/mol. The van der Waals surface area contributed by atoms with Crippen LogP contribution in [-0.2, 0) is 11.8 Å². The number of hydrogen-bond donors (Lipinski definition) is 1. The van der Waals surface area contributed by atoms with E-state index in [1.54, 1.807) is 24.3 Å². The summed E-state index contributed by atoms with van der Waals surface area (Å²) in [6.07, 6.45) is 7.05. The molecule has 3 rings (SSSR count). The average Bonchev–Trinajstić information content (AvgIpc) is 3.11. The molecule has 2 aromatic carbocycles. The van der Waals surface area contributed by atoms with Crippen molar-refractivity contribution in [2.75, 3.05) is 5.32 Å². The highest BCUT2D eigenvalue weighted by Crippen LogP contribution is 2.23. The molecule has 5 heteroatoms. The van der Waals surface area contributed by atoms with Crippen LogP contribution in [-0.4, -0.2) is 21.6 Å². The minimum absolute atomic E-state index is 0.0399. The summed E-state index contributed by atoms with van der Waals surface area (Å²) in [6.45, 7) is 12.6. The molecule has 0 saturated heterocycles. The van der Waals surface area contributed by atoms with Crippen LogP contribution in [0.4, 0.5) is 5.69 Å². The van der Waals surface area contributed by atoms with Crippen LogP contribution in [0.2, 0.25) is 0 Å². The number of carbonyl (C=O) groups is 2. The summed E-state index contributed by atoms with van der Waals surface area (Å²) in [4.78, 5) is 25.8. The largest absolute Gasteiger partial charge is 0.322 e. The highest BCUT2D eigenvalue weighted by molar-refractivity contribution is 6.04. The Morgan fingerprint density at radius 2 is 1.46 bits per heavy atom. The third-order valence-electron chi connectivity index (χ3n) is 6.57. The Labute approximate surface area is 209 Å². The molecule has 0 saturated carbocycles. The van der Waals surface area contributed by atoms with Gasteiger partial charge in [0.25, 0.3) is 11.8 Å². The first-order valence-electron chi connectivity index (χ1n) is 12.7. The Morgan fingerprint density at radius 1 is 0.857 bits per heavy atom. The molecule has 3 aromatic rings. The first kappa shape index (κ1) is 26.4. The number of carbonyl (C=O) groups excluding carboxylic acids is 2. The van der Waals surface area contributed by atoms with Gasteiger partial charge in [0.05, 0.1) is 5.69 Å². The Hall–Kier alpha value is -3.21. The zero-order chi connectivity index (χ0) is 25.6. The quantitative estimate of drug-likeness (QED) is 0.333. The van der Waals surface area contributed by atoms with Crippen LogP contribution in [0.3, 0.4) is 0 Å². The molecule has 0 aliphatic rings. The highest BCUT2D eigenvalue weighted by atomic mass is 16.2. The second-order valence-corrected chi connectivity index (χ2v) is 10.4. The van der Waals surface area contributed by atoms with Crippen LogP contribution >= 0.6 is 0 Å². The molecule has 1 N–H and O–H groups in total. The number of benzene rings is 2. The van der Waals surface area contributed by atoms with Crippen molar-refractivity contribution in [2.45, 2.75) is 85.5 Å². The fraction of sp³-hybridized carbons (Fsp3) is 0.433. The van der Waals surface area contributed by atoms with Crippen LogP contribution in [0.25, 0.3) is 0 Å². The molecule has 0 unspecified atom stereocenters. The van der Waals surface area contributed by atoms with E-state index in [9.17, 15) is 9.59 Å². The Kier molecular flexibility index (Phi) is 8.66. The summed E-state index contributed by atoms with van der Waals surface area (Å²) < 4.78 is 1.51. The summed E-state index contributed by atoms with van der Waals surface area (Å²) in [5.74, 6) is -0.329. The molecule has 0 aliphatic carbocycles. The summed E-state index contributed by atoms with van der Waals surface area (Å²) in [6, 6.07) is 14.7. The Morgan fingerprint density at radius 3 is 2.06 bits per heavy atom. The van der Waals surface area contributed by atoms with Gasteiger partial charge in [-0.1, -0.05) is 65.5 Å². The van der Waals surface area contributed by atoms with Crippen LogP contribution < -0.4 is 5.32 Å². The number of rotatable bonds is 9. The first-order valence-corrected chi connectivity index (χ1v) is 12.7. The van der Waals surface area contributed by atoms with Crippen molar-refractivity contribution >= 4 is 17.5 Å². The minimum Gasteiger partial charge on any atom is -0.322 e. The SMILES string of the molecule is CCCCCCCc1c(C)nn(C(=O)c2ccc(NC(=O)c3ccc(C(C)(C)C)cc3)cc2)c1C. The number of nitrogens with one attached hydrogen (secondary N) is 1. The maximum atomic E-state index is 13.1. The fourth-order valence-electron chi connectivity index (χ4n) is 4.28. The van der Waals surface area contributed by atoms with E-state index in [0.717, 1.165) is 24.2 Å². The van der Waals surface area contributed by atoms with Gasteiger partial charge < -0.3 is 5.32 Å². The van der Waals surface area contributed by atoms with Gasteiger partial charge in [0.15, 0.2) is 0 Å². The maximum absolute atomic E-state index is 13.1. The summed E-state index contributed by atoms with van der Waals surface area (Å²) in [5.41, 5.74) is 6.02. The number of amides is 1. The smallest absolute Gasteiger partial charge is 0.278 e. The van der Waals surface area contributed by atoms with E-state index in [-0.39, 0.29) is 17.2 Å². The standard InChI is InChI=1S/C30H39N3O2/c1-7-8-9-10-11-12-27-21(2)32-33(22(27)3)29(35)24-15-19-26(20-16-24)31-28(34)23-13-17-25(18-14-23)30(4,5)6/h13-20H,7-12H2,1-6H3,(H,31,34). The van der Waals surface area contributed by atoms with Crippen LogP contribution in [0.5, 0.6) is 0 Å². The zero-order valence-corrected chi connectivity index (χ0v) is 22.1. The van der Waals surface area contributed by atoms with E-state index in [0.29, 0.717) is 16.8 Å². The molecule has 0 radical (unpaired) electrons. The van der Waals surface area contributed by atoms with E-state index in [1.165, 1.54) is 41.5 Å². The number of aryl methyl sites for hydroxylation is 1. The van der Waals surface area contributed by atoms with Gasteiger partial charge in [0, 0.05) is 22.5 Å². The fourth-order valence-corrected chi connectivity index (χ4v) is 4.28. The van der Waals surface area contributed by atoms with E-state index >= 15 is 0 Å². The zero-order valence-electron chi connectivity index (χ0n) is 22.1. The van der Waals surface area contributed by atoms with E-state index in [4.69, 9.17) is 0 Å². The monoisotopic (exact) mass is 473 g/mol. The first-order chi connectivity index (χ1) is 16.6. The third kappa shape index (κ3) is 6.68. The van der Waals surface area contributed by atoms with Gasteiger partial charge in [-0.25, -0.2) is 4.68 Å². The Balaban J connectivity index is 1.65. The van der Waals surface area contributed by atoms with Crippen LogP contribution in [0.1, 0.15) is 103 Å². The van der Waals surface area contributed by atoms with Crippen molar-refractivity contribution in [3.05, 3.63) is 82.2 Å². The molecule has 186 valence electrons. The molecular weight excluding hydrogens is 434 g/mol. The Bertz CT molecular complexity index is 1150. The van der Waals surface area contributed by atoms with Crippen molar-refractivity contribution in [2.24, 2.45) is 0 Å². The van der Waals surface area contributed by atoms with Gasteiger partial charge in [-0.2, -0.15) is 5.10 Å². The summed E-state index contributed by atoms with van der Waals surface area (Å²) in [5, 5.41) is 7.45. The van der Waals surface area contributed by atoms with Gasteiger partial charge in [0.2, 0.25) is 0 Å². The number of nitrogens with zero attached hydrogens (tertiary/aromatic N) is 2. The number of unbranched alkanes of at least 4 members (excludes halogenated alkanes) is 4. The molecule has 35 heavy (non-hydrogen) atoms. The minimum atomic E-state index is -0.174. The topological polar surface area (TPSA) is 64.0 Å². The summed E-state index contributed by atoms with van der Waals surface area (Å²) in [7, 11) is 0. The van der Waals surface area contributed by atoms with Crippen LogP contribution in [0, 0.1) is 13.8 Å². The maximum Gasteiger partial charge on any atom is 0.278 e. The lowest BCUT2D eigenvalue weighted by atomic mass is 9.87. The molecule has 5 nitrogen and oxygen atoms in total. The van der Waals surface area contributed by atoms with Crippen molar-refractivity contribution in [1.82, 2.24) is 9.78 Å². The molecule has 1 heterocycles. The molecule has 0 spiro atoms. The molecule has 0 atom stereocenters. The molecule has 0 aliphatic heterocycles. The lowest BCUT2D eigenvalue weighted by Gasteiger charge is -2.19. The number of aromatic nitrogens is 2. The second-order valence-electron chi connectivity index (χ2n) is 10.4. The second kappa shape index (κ2) is 11.5. The van der Waals surface area contributed by atoms with Crippen molar-refractivity contribution in [1.29, 1.82) is 0 Å². The van der Waals surface area contributed by atoms with E-state index < -0.39 is 0 Å². The van der Waals surface area contributed by atoms with Gasteiger partial charge >= 0.3 is 0 Å².